The average molecular weight is 411 g/mol. The minimum atomic E-state index is -0.557. The molecule has 0 spiro atoms. The summed E-state index contributed by atoms with van der Waals surface area (Å²) < 4.78 is 26.5. The lowest BCUT2D eigenvalue weighted by atomic mass is 10.1. The SMILES string of the molecule is CCOC(=O)c1cc(OCCOC)c(OCCOC)cc1N=C(NC#N)SC. The molecule has 154 valence electrons. The number of hydrogen-bond donors (Lipinski definition) is 1. The molecule has 0 fully saturated rings. The van der Waals surface area contributed by atoms with Crippen molar-refractivity contribution in [3.05, 3.63) is 17.7 Å². The second kappa shape index (κ2) is 13.7. The Morgan fingerprint density at radius 2 is 1.75 bits per heavy atom. The highest BCUT2D eigenvalue weighted by Crippen LogP contribution is 2.36. The molecular formula is C18H25N3O6S. The van der Waals surface area contributed by atoms with Gasteiger partial charge in [-0.25, -0.2) is 9.79 Å². The second-order valence-corrected chi connectivity index (χ2v) is 5.87. The number of carbonyl (C=O) groups is 1. The van der Waals surface area contributed by atoms with Gasteiger partial charge in [-0.2, -0.15) is 5.26 Å². The van der Waals surface area contributed by atoms with Crippen molar-refractivity contribution in [3.63, 3.8) is 0 Å². The maximum absolute atomic E-state index is 12.4. The van der Waals surface area contributed by atoms with Crippen LogP contribution in [-0.4, -0.2) is 64.6 Å². The third-order valence-electron chi connectivity index (χ3n) is 3.23. The number of nitrogens with zero attached hydrogens (tertiary/aromatic N) is 2. The van der Waals surface area contributed by atoms with Gasteiger partial charge in [0.05, 0.1) is 31.1 Å². The molecule has 28 heavy (non-hydrogen) atoms. The number of thioether (sulfide) groups is 1. The van der Waals surface area contributed by atoms with E-state index in [4.69, 9.17) is 28.9 Å². The molecule has 1 aromatic rings. The van der Waals surface area contributed by atoms with Gasteiger partial charge in [-0.05, 0) is 13.2 Å². The molecule has 0 radical (unpaired) electrons. The Kier molecular flexibility index (Phi) is 11.5. The summed E-state index contributed by atoms with van der Waals surface area (Å²) in [6.07, 6.45) is 3.57. The summed E-state index contributed by atoms with van der Waals surface area (Å²) >= 11 is 1.23. The number of carbonyl (C=O) groups excluding carboxylic acids is 1. The summed E-state index contributed by atoms with van der Waals surface area (Å²) in [5, 5.41) is 11.6. The molecule has 0 bridgehead atoms. The second-order valence-electron chi connectivity index (χ2n) is 5.08. The molecule has 0 saturated heterocycles. The highest BCUT2D eigenvalue weighted by atomic mass is 32.2. The molecule has 0 atom stereocenters. The van der Waals surface area contributed by atoms with Crippen LogP contribution in [0.15, 0.2) is 17.1 Å². The van der Waals surface area contributed by atoms with Crippen LogP contribution < -0.4 is 14.8 Å². The first-order valence-electron chi connectivity index (χ1n) is 8.47. The number of ether oxygens (including phenoxy) is 5. The normalized spacial score (nSPS) is 10.9. The maximum Gasteiger partial charge on any atom is 0.340 e. The van der Waals surface area contributed by atoms with E-state index in [0.29, 0.717) is 29.9 Å². The molecule has 0 heterocycles. The van der Waals surface area contributed by atoms with E-state index < -0.39 is 5.97 Å². The third kappa shape index (κ3) is 7.64. The van der Waals surface area contributed by atoms with E-state index in [-0.39, 0.29) is 31.1 Å². The molecule has 1 rings (SSSR count). The van der Waals surface area contributed by atoms with E-state index >= 15 is 0 Å². The molecule has 1 N–H and O–H groups in total. The number of nitrogens with one attached hydrogen (secondary N) is 1. The van der Waals surface area contributed by atoms with Crippen LogP contribution in [0.25, 0.3) is 0 Å². The lowest BCUT2D eigenvalue weighted by molar-refractivity contribution is 0.0526. The standard InChI is InChI=1S/C18H25N3O6S/c1-5-25-17(22)13-10-15(26-8-6-23-2)16(27-9-7-24-3)11-14(13)21-18(28-4)20-12-19/h10-11H,5-9H2,1-4H3,(H,20,21). The van der Waals surface area contributed by atoms with Crippen LogP contribution in [0, 0.1) is 11.5 Å². The fourth-order valence-electron chi connectivity index (χ4n) is 1.99. The first kappa shape index (κ1) is 23.6. The smallest absolute Gasteiger partial charge is 0.340 e. The van der Waals surface area contributed by atoms with Crippen LogP contribution in [0.5, 0.6) is 11.5 Å². The van der Waals surface area contributed by atoms with Gasteiger partial charge in [-0.1, -0.05) is 11.8 Å². The Morgan fingerprint density at radius 1 is 1.14 bits per heavy atom. The van der Waals surface area contributed by atoms with Gasteiger partial charge in [0.1, 0.15) is 13.2 Å². The topological polar surface area (TPSA) is 111 Å². The van der Waals surface area contributed by atoms with Gasteiger partial charge in [0, 0.05) is 26.4 Å². The highest BCUT2D eigenvalue weighted by molar-refractivity contribution is 8.13. The van der Waals surface area contributed by atoms with Gasteiger partial charge < -0.3 is 23.7 Å². The van der Waals surface area contributed by atoms with E-state index in [1.807, 2.05) is 6.19 Å². The minimum Gasteiger partial charge on any atom is -0.487 e. The Labute approximate surface area is 169 Å². The van der Waals surface area contributed by atoms with Gasteiger partial charge in [0.25, 0.3) is 0 Å². The summed E-state index contributed by atoms with van der Waals surface area (Å²) in [4.78, 5) is 16.8. The first-order chi connectivity index (χ1) is 13.6. The molecule has 0 amide bonds. The van der Waals surface area contributed by atoms with Crippen LogP contribution in [-0.2, 0) is 14.2 Å². The number of rotatable bonds is 11. The molecule has 0 aliphatic carbocycles. The monoisotopic (exact) mass is 411 g/mol. The summed E-state index contributed by atoms with van der Waals surface area (Å²) in [6, 6.07) is 3.08. The van der Waals surface area contributed by atoms with E-state index in [2.05, 4.69) is 10.3 Å². The lowest BCUT2D eigenvalue weighted by Crippen LogP contribution is -2.14. The van der Waals surface area contributed by atoms with E-state index in [1.54, 1.807) is 33.5 Å². The first-order valence-corrected chi connectivity index (χ1v) is 9.70. The largest absolute Gasteiger partial charge is 0.487 e. The number of hydrogen-bond acceptors (Lipinski definition) is 9. The van der Waals surface area contributed by atoms with E-state index in [9.17, 15) is 4.79 Å². The van der Waals surface area contributed by atoms with Gasteiger partial charge in [0.15, 0.2) is 22.9 Å². The van der Waals surface area contributed by atoms with Crippen molar-refractivity contribution in [2.24, 2.45) is 4.99 Å². The number of aliphatic imine (C=N–C) groups is 1. The van der Waals surface area contributed by atoms with Gasteiger partial charge in [-0.15, -0.1) is 0 Å². The van der Waals surface area contributed by atoms with E-state index in [1.165, 1.54) is 17.8 Å². The predicted octanol–water partition coefficient (Wildman–Crippen LogP) is 2.33. The molecule has 0 aliphatic rings. The number of nitriles is 1. The van der Waals surface area contributed by atoms with Gasteiger partial charge in [0.2, 0.25) is 0 Å². The Bertz CT molecular complexity index is 705. The highest BCUT2D eigenvalue weighted by Gasteiger charge is 2.19. The van der Waals surface area contributed by atoms with Crippen molar-refractivity contribution in [2.75, 3.05) is 53.5 Å². The molecule has 9 nitrogen and oxygen atoms in total. The maximum atomic E-state index is 12.4. The zero-order valence-electron chi connectivity index (χ0n) is 16.4. The van der Waals surface area contributed by atoms with Crippen molar-refractivity contribution in [3.8, 4) is 17.7 Å². The summed E-state index contributed by atoms with van der Waals surface area (Å²) in [6.45, 7) is 3.22. The van der Waals surface area contributed by atoms with Gasteiger partial charge in [-0.3, -0.25) is 5.32 Å². The molecule has 0 aliphatic heterocycles. The fraction of sp³-hybridized carbons (Fsp3) is 0.500. The van der Waals surface area contributed by atoms with Crippen LogP contribution in [0.4, 0.5) is 5.69 Å². The summed E-state index contributed by atoms with van der Waals surface area (Å²) in [5.41, 5.74) is 0.483. The number of esters is 1. The summed E-state index contributed by atoms with van der Waals surface area (Å²) in [7, 11) is 3.13. The minimum absolute atomic E-state index is 0.194. The number of amidine groups is 1. The molecule has 1 aromatic carbocycles. The molecule has 0 aromatic heterocycles. The Balaban J connectivity index is 3.40. The lowest BCUT2D eigenvalue weighted by Gasteiger charge is -2.16. The van der Waals surface area contributed by atoms with Crippen molar-refractivity contribution in [1.82, 2.24) is 5.32 Å². The third-order valence-corrected chi connectivity index (χ3v) is 3.81. The van der Waals surface area contributed by atoms with E-state index in [0.717, 1.165) is 0 Å². The Hall–Kier alpha value is -2.48. The molecule has 0 saturated carbocycles. The van der Waals surface area contributed by atoms with Crippen molar-refractivity contribution < 1.29 is 28.5 Å². The van der Waals surface area contributed by atoms with Gasteiger partial charge >= 0.3 is 5.97 Å². The zero-order valence-corrected chi connectivity index (χ0v) is 17.3. The van der Waals surface area contributed by atoms with Crippen molar-refractivity contribution in [2.45, 2.75) is 6.92 Å². The molecule has 0 unspecified atom stereocenters. The van der Waals surface area contributed by atoms with Crippen LogP contribution >= 0.6 is 11.8 Å². The van der Waals surface area contributed by atoms with Crippen LogP contribution in [0.3, 0.4) is 0 Å². The molecule has 10 heteroatoms. The zero-order chi connectivity index (χ0) is 20.8. The summed E-state index contributed by atoms with van der Waals surface area (Å²) in [5.74, 6) is 0.185. The van der Waals surface area contributed by atoms with Crippen LogP contribution in [0.2, 0.25) is 0 Å². The molecular weight excluding hydrogens is 386 g/mol. The predicted molar refractivity (Wildman–Crippen MR) is 106 cm³/mol. The fourth-order valence-corrected chi connectivity index (χ4v) is 2.33. The average Bonchev–Trinajstić information content (AvgIpc) is 2.69. The van der Waals surface area contributed by atoms with Crippen molar-refractivity contribution >= 4 is 28.6 Å². The quantitative estimate of drug-likeness (QED) is 0.146. The Morgan fingerprint density at radius 3 is 2.25 bits per heavy atom. The van der Waals surface area contributed by atoms with Crippen LogP contribution in [0.1, 0.15) is 17.3 Å². The number of methoxy groups -OCH3 is 2. The van der Waals surface area contributed by atoms with Crippen molar-refractivity contribution in [1.29, 1.82) is 5.26 Å². The number of benzene rings is 1.